The van der Waals surface area contributed by atoms with E-state index in [-0.39, 0.29) is 5.91 Å². The highest BCUT2D eigenvalue weighted by Gasteiger charge is 2.14. The number of rotatable bonds is 5. The van der Waals surface area contributed by atoms with Crippen molar-refractivity contribution in [1.29, 1.82) is 0 Å². The van der Waals surface area contributed by atoms with Gasteiger partial charge in [0.1, 0.15) is 5.76 Å². The highest BCUT2D eigenvalue weighted by atomic mass is 16.5. The molecular formula is C20H19N5O2. The number of hydrogen-bond donors (Lipinski definition) is 1. The van der Waals surface area contributed by atoms with Crippen LogP contribution in [0.3, 0.4) is 0 Å². The van der Waals surface area contributed by atoms with Crippen LogP contribution in [0.4, 0.5) is 5.69 Å². The summed E-state index contributed by atoms with van der Waals surface area (Å²) >= 11 is 0. The Bertz CT molecular complexity index is 1060. The summed E-state index contributed by atoms with van der Waals surface area (Å²) in [6.07, 6.45) is 7.25. The molecule has 0 bridgehead atoms. The Morgan fingerprint density at radius 3 is 2.67 bits per heavy atom. The van der Waals surface area contributed by atoms with Gasteiger partial charge in [-0.3, -0.25) is 9.48 Å². The van der Waals surface area contributed by atoms with E-state index in [9.17, 15) is 4.79 Å². The lowest BCUT2D eigenvalue weighted by atomic mass is 10.1. The van der Waals surface area contributed by atoms with Gasteiger partial charge in [-0.1, -0.05) is 17.3 Å². The minimum atomic E-state index is -0.184. The van der Waals surface area contributed by atoms with E-state index >= 15 is 0 Å². The molecule has 0 aliphatic heterocycles. The lowest BCUT2D eigenvalue weighted by molar-refractivity contribution is 0.102. The summed E-state index contributed by atoms with van der Waals surface area (Å²) in [6, 6.07) is 11.3. The van der Waals surface area contributed by atoms with Gasteiger partial charge in [0.05, 0.1) is 35.4 Å². The van der Waals surface area contributed by atoms with E-state index in [2.05, 4.69) is 15.6 Å². The zero-order valence-electron chi connectivity index (χ0n) is 15.1. The number of benzene rings is 1. The number of nitrogens with one attached hydrogen (secondary N) is 1. The van der Waals surface area contributed by atoms with E-state index in [1.807, 2.05) is 61.1 Å². The molecule has 136 valence electrons. The Kier molecular flexibility index (Phi) is 4.33. The molecule has 7 heteroatoms. The van der Waals surface area contributed by atoms with Crippen molar-refractivity contribution in [3.8, 4) is 5.69 Å². The van der Waals surface area contributed by atoms with Gasteiger partial charge in [0.15, 0.2) is 0 Å². The Labute approximate surface area is 156 Å². The van der Waals surface area contributed by atoms with Crippen molar-refractivity contribution < 1.29 is 9.32 Å². The average molecular weight is 361 g/mol. The topological polar surface area (TPSA) is 77.9 Å². The Morgan fingerprint density at radius 1 is 1.15 bits per heavy atom. The van der Waals surface area contributed by atoms with E-state index in [1.54, 1.807) is 23.1 Å². The molecule has 27 heavy (non-hydrogen) atoms. The highest BCUT2D eigenvalue weighted by molar-refractivity contribution is 6.06. The maximum Gasteiger partial charge on any atom is 0.257 e. The molecule has 0 spiro atoms. The number of anilines is 1. The van der Waals surface area contributed by atoms with Gasteiger partial charge in [0.25, 0.3) is 5.91 Å². The summed E-state index contributed by atoms with van der Waals surface area (Å²) in [5, 5.41) is 11.2. The Morgan fingerprint density at radius 2 is 1.93 bits per heavy atom. The van der Waals surface area contributed by atoms with Crippen molar-refractivity contribution in [2.75, 3.05) is 5.32 Å². The molecule has 0 saturated carbocycles. The van der Waals surface area contributed by atoms with Gasteiger partial charge >= 0.3 is 0 Å². The highest BCUT2D eigenvalue weighted by Crippen LogP contribution is 2.18. The van der Waals surface area contributed by atoms with Crippen LogP contribution in [0.15, 0.2) is 65.7 Å². The first kappa shape index (κ1) is 16.8. The van der Waals surface area contributed by atoms with E-state index < -0.39 is 0 Å². The quantitative estimate of drug-likeness (QED) is 0.589. The number of nitrogens with zero attached hydrogens (tertiary/aromatic N) is 4. The molecule has 0 fully saturated rings. The van der Waals surface area contributed by atoms with Gasteiger partial charge in [0, 0.05) is 24.2 Å². The van der Waals surface area contributed by atoms with Crippen LogP contribution in [0, 0.1) is 13.8 Å². The first-order chi connectivity index (χ1) is 13.1. The fraction of sp³-hybridized carbons (Fsp3) is 0.150. The predicted molar refractivity (Wildman–Crippen MR) is 101 cm³/mol. The molecule has 0 unspecified atom stereocenters. The van der Waals surface area contributed by atoms with Crippen LogP contribution in [-0.2, 0) is 6.54 Å². The van der Waals surface area contributed by atoms with Gasteiger partial charge in [0.2, 0.25) is 0 Å². The standard InChI is InChI=1S/C20H19N5O2/c1-14-18(15(2)27-23-14)13-25-12-16(11-21-25)22-20(26)17-7-3-4-8-19(17)24-9-5-6-10-24/h3-12H,13H2,1-2H3,(H,22,26). The van der Waals surface area contributed by atoms with Crippen molar-refractivity contribution in [3.05, 3.63) is 83.8 Å². The lowest BCUT2D eigenvalue weighted by Crippen LogP contribution is -2.14. The van der Waals surface area contributed by atoms with Crippen molar-refractivity contribution in [2.45, 2.75) is 20.4 Å². The second-order valence-corrected chi connectivity index (χ2v) is 6.29. The lowest BCUT2D eigenvalue weighted by Gasteiger charge is -2.10. The minimum absolute atomic E-state index is 0.184. The Hall–Kier alpha value is -3.61. The third-order valence-corrected chi connectivity index (χ3v) is 4.42. The minimum Gasteiger partial charge on any atom is -0.361 e. The second-order valence-electron chi connectivity index (χ2n) is 6.29. The van der Waals surface area contributed by atoms with E-state index in [1.165, 1.54) is 0 Å². The van der Waals surface area contributed by atoms with Gasteiger partial charge in [-0.05, 0) is 38.1 Å². The molecule has 1 aromatic carbocycles. The number of hydrogen-bond acceptors (Lipinski definition) is 4. The number of para-hydroxylation sites is 1. The molecule has 3 aromatic heterocycles. The molecule has 1 N–H and O–H groups in total. The van der Waals surface area contributed by atoms with E-state index in [4.69, 9.17) is 4.52 Å². The Balaban J connectivity index is 1.53. The molecule has 4 rings (SSSR count). The van der Waals surface area contributed by atoms with Crippen molar-refractivity contribution in [2.24, 2.45) is 0 Å². The number of amides is 1. The summed E-state index contributed by atoms with van der Waals surface area (Å²) < 4.78 is 8.84. The fourth-order valence-electron chi connectivity index (χ4n) is 2.99. The molecule has 0 atom stereocenters. The van der Waals surface area contributed by atoms with Crippen LogP contribution in [0.1, 0.15) is 27.4 Å². The predicted octanol–water partition coefficient (Wildman–Crippen LogP) is 3.58. The first-order valence-electron chi connectivity index (χ1n) is 8.60. The molecular weight excluding hydrogens is 342 g/mol. The summed E-state index contributed by atoms with van der Waals surface area (Å²) in [5.41, 5.74) is 3.88. The number of aromatic nitrogens is 4. The summed E-state index contributed by atoms with van der Waals surface area (Å²) in [7, 11) is 0. The molecule has 0 radical (unpaired) electrons. The first-order valence-corrected chi connectivity index (χ1v) is 8.60. The van der Waals surface area contributed by atoms with Gasteiger partial charge in [-0.25, -0.2) is 0 Å². The van der Waals surface area contributed by atoms with Crippen LogP contribution < -0.4 is 5.32 Å². The molecule has 7 nitrogen and oxygen atoms in total. The van der Waals surface area contributed by atoms with Crippen LogP contribution in [0.5, 0.6) is 0 Å². The number of carbonyl (C=O) groups excluding carboxylic acids is 1. The molecule has 0 aliphatic rings. The fourth-order valence-corrected chi connectivity index (χ4v) is 2.99. The SMILES string of the molecule is Cc1noc(C)c1Cn1cc(NC(=O)c2ccccc2-n2cccc2)cn1. The second kappa shape index (κ2) is 6.95. The normalized spacial score (nSPS) is 10.9. The van der Waals surface area contributed by atoms with Crippen LogP contribution in [-0.4, -0.2) is 25.4 Å². The molecule has 3 heterocycles. The third kappa shape index (κ3) is 3.39. The maximum absolute atomic E-state index is 12.8. The average Bonchev–Trinajstić information content (AvgIpc) is 3.41. The van der Waals surface area contributed by atoms with Crippen LogP contribution >= 0.6 is 0 Å². The number of aryl methyl sites for hydroxylation is 2. The van der Waals surface area contributed by atoms with Gasteiger partial charge in [-0.2, -0.15) is 5.10 Å². The summed E-state index contributed by atoms with van der Waals surface area (Å²) in [6.45, 7) is 4.31. The van der Waals surface area contributed by atoms with Crippen molar-refractivity contribution in [1.82, 2.24) is 19.5 Å². The third-order valence-electron chi connectivity index (χ3n) is 4.42. The zero-order chi connectivity index (χ0) is 18.8. The van der Waals surface area contributed by atoms with Crippen LogP contribution in [0.2, 0.25) is 0 Å². The smallest absolute Gasteiger partial charge is 0.257 e. The molecule has 0 aliphatic carbocycles. The van der Waals surface area contributed by atoms with Gasteiger partial charge < -0.3 is 14.4 Å². The van der Waals surface area contributed by atoms with Crippen LogP contribution in [0.25, 0.3) is 5.69 Å². The van der Waals surface area contributed by atoms with E-state index in [0.717, 1.165) is 22.7 Å². The molecule has 1 amide bonds. The largest absolute Gasteiger partial charge is 0.361 e. The molecule has 0 saturated heterocycles. The molecule has 4 aromatic rings. The zero-order valence-corrected chi connectivity index (χ0v) is 15.1. The van der Waals surface area contributed by atoms with Crippen molar-refractivity contribution >= 4 is 11.6 Å². The van der Waals surface area contributed by atoms with E-state index in [0.29, 0.717) is 17.8 Å². The summed E-state index contributed by atoms with van der Waals surface area (Å²) in [4.78, 5) is 12.8. The van der Waals surface area contributed by atoms with Gasteiger partial charge in [-0.15, -0.1) is 0 Å². The summed E-state index contributed by atoms with van der Waals surface area (Å²) in [5.74, 6) is 0.588. The number of carbonyl (C=O) groups is 1. The maximum atomic E-state index is 12.8. The van der Waals surface area contributed by atoms with Crippen molar-refractivity contribution in [3.63, 3.8) is 0 Å². The monoisotopic (exact) mass is 361 g/mol.